The first-order valence-electron chi connectivity index (χ1n) is 3.01. The highest BCUT2D eigenvalue weighted by Gasteiger charge is 2.17. The van der Waals surface area contributed by atoms with Crippen LogP contribution in [0.3, 0.4) is 0 Å². The van der Waals surface area contributed by atoms with Crippen LogP contribution in [0.1, 0.15) is 0 Å². The zero-order chi connectivity index (χ0) is 7.40. The molecule has 0 radical (unpaired) electrons. The van der Waals surface area contributed by atoms with Crippen LogP contribution in [0.2, 0.25) is 0 Å². The number of rotatable bonds is 2. The van der Waals surface area contributed by atoms with Crippen molar-refractivity contribution in [3.8, 4) is 0 Å². The lowest BCUT2D eigenvalue weighted by atomic mass is 10.3. The molecule has 0 aromatic heterocycles. The van der Waals surface area contributed by atoms with Crippen LogP contribution in [0, 0.1) is 0 Å². The Balaban J connectivity index is 2.38. The normalized spacial score (nSPS) is 20.4. The largest absolute Gasteiger partial charge is 0.294 e. The fraction of sp³-hybridized carbons (Fsp3) is 0.600. The molecule has 0 aliphatic carbocycles. The highest BCUT2D eigenvalue weighted by atomic mass is 16.2. The quantitative estimate of drug-likeness (QED) is 0.302. The second-order valence-electron chi connectivity index (χ2n) is 1.97. The maximum atomic E-state index is 10.6. The molecule has 1 aliphatic rings. The summed E-state index contributed by atoms with van der Waals surface area (Å²) in [6, 6.07) is 0. The Morgan fingerprint density at radius 3 is 2.50 bits per heavy atom. The van der Waals surface area contributed by atoms with E-state index in [2.05, 4.69) is 16.0 Å². The van der Waals surface area contributed by atoms with Gasteiger partial charge in [-0.05, 0) is 0 Å². The molecule has 1 fully saturated rings. The van der Waals surface area contributed by atoms with E-state index in [9.17, 15) is 9.59 Å². The van der Waals surface area contributed by atoms with Crippen molar-refractivity contribution < 1.29 is 9.59 Å². The molecule has 1 saturated heterocycles. The van der Waals surface area contributed by atoms with Crippen LogP contribution in [0.4, 0.5) is 0 Å². The van der Waals surface area contributed by atoms with Crippen molar-refractivity contribution in [1.29, 1.82) is 0 Å². The molecule has 0 amide bonds. The summed E-state index contributed by atoms with van der Waals surface area (Å²) < 4.78 is 0. The number of ketones is 1. The van der Waals surface area contributed by atoms with Crippen LogP contribution in [0.25, 0.3) is 0 Å². The van der Waals surface area contributed by atoms with Crippen LogP contribution >= 0.6 is 0 Å². The second kappa shape index (κ2) is 3.40. The standard InChI is InChI=1S/C5H9N3O2/c9-1-4(10)5-7-2-6-3-8-5/h1,5-8H,2-3H2. The Labute approximate surface area is 58.2 Å². The summed E-state index contributed by atoms with van der Waals surface area (Å²) in [5.41, 5.74) is 0. The average molecular weight is 143 g/mol. The van der Waals surface area contributed by atoms with Crippen molar-refractivity contribution in [3.63, 3.8) is 0 Å². The van der Waals surface area contributed by atoms with Gasteiger partial charge in [-0.15, -0.1) is 0 Å². The van der Waals surface area contributed by atoms with Gasteiger partial charge in [0.1, 0.15) is 6.17 Å². The Morgan fingerprint density at radius 1 is 1.40 bits per heavy atom. The van der Waals surface area contributed by atoms with E-state index in [1.165, 1.54) is 0 Å². The van der Waals surface area contributed by atoms with Crippen molar-refractivity contribution in [3.05, 3.63) is 0 Å². The molecule has 0 aromatic rings. The molecule has 1 heterocycles. The summed E-state index contributed by atoms with van der Waals surface area (Å²) in [6.45, 7) is 1.11. The molecule has 0 saturated carbocycles. The van der Waals surface area contributed by atoms with Gasteiger partial charge in [-0.1, -0.05) is 0 Å². The Bertz CT molecular complexity index is 142. The fourth-order valence-corrected chi connectivity index (χ4v) is 0.752. The number of hydrogen-bond acceptors (Lipinski definition) is 5. The number of nitrogens with one attached hydrogen (secondary N) is 3. The Morgan fingerprint density at radius 2 is 2.00 bits per heavy atom. The highest BCUT2D eigenvalue weighted by molar-refractivity contribution is 6.27. The molecular formula is C5H9N3O2. The summed E-state index contributed by atoms with van der Waals surface area (Å²) in [5.74, 6) is -0.457. The van der Waals surface area contributed by atoms with Gasteiger partial charge in [-0.2, -0.15) is 0 Å². The van der Waals surface area contributed by atoms with E-state index in [0.717, 1.165) is 0 Å². The number of hydrogen-bond donors (Lipinski definition) is 3. The van der Waals surface area contributed by atoms with E-state index in [1.54, 1.807) is 0 Å². The zero-order valence-corrected chi connectivity index (χ0v) is 5.39. The van der Waals surface area contributed by atoms with Gasteiger partial charge in [0.05, 0.1) is 0 Å². The van der Waals surface area contributed by atoms with E-state index in [0.29, 0.717) is 19.6 Å². The van der Waals surface area contributed by atoms with Crippen LogP contribution in [0.15, 0.2) is 0 Å². The molecule has 0 spiro atoms. The molecule has 0 aromatic carbocycles. The van der Waals surface area contributed by atoms with Crippen LogP contribution in [-0.2, 0) is 9.59 Å². The van der Waals surface area contributed by atoms with Gasteiger partial charge < -0.3 is 0 Å². The maximum Gasteiger partial charge on any atom is 0.226 e. The zero-order valence-electron chi connectivity index (χ0n) is 5.39. The van der Waals surface area contributed by atoms with E-state index in [-0.39, 0.29) is 0 Å². The average Bonchev–Trinajstić information content (AvgIpc) is 2.05. The summed E-state index contributed by atoms with van der Waals surface area (Å²) in [6.07, 6.45) is -0.186. The molecule has 0 unspecified atom stereocenters. The molecule has 0 atom stereocenters. The van der Waals surface area contributed by atoms with E-state index >= 15 is 0 Å². The highest BCUT2D eigenvalue weighted by Crippen LogP contribution is 1.80. The second-order valence-corrected chi connectivity index (χ2v) is 1.97. The SMILES string of the molecule is O=CC(=O)C1NCNCN1. The predicted molar refractivity (Wildman–Crippen MR) is 34.0 cm³/mol. The van der Waals surface area contributed by atoms with Gasteiger partial charge in [-0.3, -0.25) is 25.5 Å². The predicted octanol–water partition coefficient (Wildman–Crippen LogP) is -2.22. The van der Waals surface area contributed by atoms with Crippen molar-refractivity contribution in [2.75, 3.05) is 13.3 Å². The lowest BCUT2D eigenvalue weighted by Gasteiger charge is -2.22. The number of carbonyl (C=O) groups excluding carboxylic acids is 2. The third-order valence-corrected chi connectivity index (χ3v) is 1.26. The van der Waals surface area contributed by atoms with E-state index in [1.807, 2.05) is 0 Å². The van der Waals surface area contributed by atoms with Crippen molar-refractivity contribution in [2.45, 2.75) is 6.17 Å². The minimum absolute atomic E-state index is 0.315. The number of aldehydes is 1. The monoisotopic (exact) mass is 143 g/mol. The molecule has 56 valence electrons. The van der Waals surface area contributed by atoms with Crippen molar-refractivity contribution in [1.82, 2.24) is 16.0 Å². The lowest BCUT2D eigenvalue weighted by molar-refractivity contribution is -0.132. The van der Waals surface area contributed by atoms with Crippen LogP contribution in [-0.4, -0.2) is 31.6 Å². The van der Waals surface area contributed by atoms with Gasteiger partial charge in [-0.25, -0.2) is 0 Å². The number of carbonyl (C=O) groups is 2. The van der Waals surface area contributed by atoms with Crippen molar-refractivity contribution >= 4 is 12.1 Å². The molecule has 3 N–H and O–H groups in total. The molecule has 5 heteroatoms. The van der Waals surface area contributed by atoms with Gasteiger partial charge in [0.25, 0.3) is 0 Å². The molecule has 1 aliphatic heterocycles. The third kappa shape index (κ3) is 1.60. The Hall–Kier alpha value is -0.780. The molecular weight excluding hydrogens is 134 g/mol. The molecule has 10 heavy (non-hydrogen) atoms. The molecule has 1 rings (SSSR count). The van der Waals surface area contributed by atoms with Gasteiger partial charge in [0, 0.05) is 13.3 Å². The summed E-state index contributed by atoms with van der Waals surface area (Å²) >= 11 is 0. The van der Waals surface area contributed by atoms with E-state index < -0.39 is 11.9 Å². The summed E-state index contributed by atoms with van der Waals surface area (Å²) in [5, 5.41) is 8.44. The first kappa shape index (κ1) is 7.33. The summed E-state index contributed by atoms with van der Waals surface area (Å²) in [4.78, 5) is 20.6. The maximum absolute atomic E-state index is 10.6. The topological polar surface area (TPSA) is 70.2 Å². The van der Waals surface area contributed by atoms with Gasteiger partial charge in [0.15, 0.2) is 6.29 Å². The number of Topliss-reactive ketones (excluding diaryl/α,β-unsaturated/α-hetero) is 1. The van der Waals surface area contributed by atoms with Crippen molar-refractivity contribution in [2.24, 2.45) is 0 Å². The van der Waals surface area contributed by atoms with E-state index in [4.69, 9.17) is 0 Å². The van der Waals surface area contributed by atoms with Crippen LogP contribution < -0.4 is 16.0 Å². The molecule has 0 bridgehead atoms. The van der Waals surface area contributed by atoms with Gasteiger partial charge >= 0.3 is 0 Å². The molecule has 5 nitrogen and oxygen atoms in total. The minimum Gasteiger partial charge on any atom is -0.294 e. The Kier molecular flexibility index (Phi) is 2.49. The minimum atomic E-state index is -0.501. The lowest BCUT2D eigenvalue weighted by Crippen LogP contribution is -2.59. The smallest absolute Gasteiger partial charge is 0.226 e. The third-order valence-electron chi connectivity index (χ3n) is 1.26. The fourth-order valence-electron chi connectivity index (χ4n) is 0.752. The first-order chi connectivity index (χ1) is 4.84. The van der Waals surface area contributed by atoms with Crippen LogP contribution in [0.5, 0.6) is 0 Å². The first-order valence-corrected chi connectivity index (χ1v) is 3.01. The van der Waals surface area contributed by atoms with Gasteiger partial charge in [0.2, 0.25) is 5.78 Å². The summed E-state index contributed by atoms with van der Waals surface area (Å²) in [7, 11) is 0.